The van der Waals surface area contributed by atoms with Crippen LogP contribution in [0.2, 0.25) is 0 Å². The summed E-state index contributed by atoms with van der Waals surface area (Å²) in [5.41, 5.74) is 8.90. The number of halogens is 1. The maximum absolute atomic E-state index is 7.12. The molecule has 228 valence electrons. The van der Waals surface area contributed by atoms with Gasteiger partial charge in [0.1, 0.15) is 5.72 Å². The lowest BCUT2D eigenvalue weighted by Gasteiger charge is -2.61. The summed E-state index contributed by atoms with van der Waals surface area (Å²) in [5, 5.41) is 7.87. The fourth-order valence-electron chi connectivity index (χ4n) is 12.0. The highest BCUT2D eigenvalue weighted by atomic mass is 127. The van der Waals surface area contributed by atoms with Crippen LogP contribution in [0.5, 0.6) is 0 Å². The van der Waals surface area contributed by atoms with Gasteiger partial charge in [-0.25, -0.2) is 0 Å². The van der Waals surface area contributed by atoms with Gasteiger partial charge in [0.05, 0.1) is 6.10 Å². The van der Waals surface area contributed by atoms with Crippen molar-refractivity contribution in [2.24, 2.45) is 58.0 Å². The van der Waals surface area contributed by atoms with E-state index in [2.05, 4.69) is 85.2 Å². The highest BCUT2D eigenvalue weighted by Gasteiger charge is 2.68. The van der Waals surface area contributed by atoms with Gasteiger partial charge in [0, 0.05) is 34.7 Å². The predicted molar refractivity (Wildman–Crippen MR) is 176 cm³/mol. The Bertz CT molecular complexity index is 1090. The molecule has 0 radical (unpaired) electrons. The van der Waals surface area contributed by atoms with Crippen LogP contribution in [0, 0.1) is 55.8 Å². The summed E-state index contributed by atoms with van der Waals surface area (Å²) in [7, 11) is 0. The molecule has 4 N–H and O–H groups in total. The first-order valence-electron chi connectivity index (χ1n) is 17.3. The summed E-state index contributed by atoms with van der Waals surface area (Å²) < 4.78 is 8.41. The van der Waals surface area contributed by atoms with E-state index in [9.17, 15) is 0 Å². The Hall–Kier alpha value is -0.210. The number of hydrogen-bond donors (Lipinski definition) is 3. The third kappa shape index (κ3) is 4.98. The maximum atomic E-state index is 7.12. The molecule has 6 aliphatic rings. The average molecular weight is 674 g/mol. The van der Waals surface area contributed by atoms with Crippen LogP contribution in [-0.4, -0.2) is 37.0 Å². The molecule has 4 aliphatic carbocycles. The number of piperidine rings is 1. The SMILES string of the molecule is C[C@H]1CC[C@]2(NC1)O[C@H]1C[C@H]3[C@@H]4CC[C@H]5CC(NC[C@@H](N)Cc6ccc(I)cc6)CC[C@]5(C)[C@H]4CC[C@]3(C)[C@H]1[C@@H]2C. The predicted octanol–water partition coefficient (Wildman–Crippen LogP) is 7.14. The van der Waals surface area contributed by atoms with E-state index in [4.69, 9.17) is 10.5 Å². The van der Waals surface area contributed by atoms with Crippen molar-refractivity contribution in [1.29, 1.82) is 0 Å². The Balaban J connectivity index is 0.976. The zero-order valence-corrected chi connectivity index (χ0v) is 28.3. The summed E-state index contributed by atoms with van der Waals surface area (Å²) in [4.78, 5) is 0. The molecule has 0 aromatic heterocycles. The monoisotopic (exact) mass is 673 g/mol. The van der Waals surface area contributed by atoms with Gasteiger partial charge in [-0.3, -0.25) is 5.32 Å². The molecule has 2 saturated heterocycles. The van der Waals surface area contributed by atoms with Crippen molar-refractivity contribution in [2.75, 3.05) is 13.1 Å². The minimum absolute atomic E-state index is 0.0376. The lowest BCUT2D eigenvalue weighted by molar-refractivity contribution is -0.134. The molecule has 1 spiro atoms. The van der Waals surface area contributed by atoms with E-state index in [1.807, 2.05) is 0 Å². The normalized spacial score (nSPS) is 49.7. The van der Waals surface area contributed by atoms with Crippen molar-refractivity contribution >= 4 is 22.6 Å². The lowest BCUT2D eigenvalue weighted by atomic mass is 9.44. The van der Waals surface area contributed by atoms with Crippen LogP contribution < -0.4 is 16.4 Å². The van der Waals surface area contributed by atoms with Crippen molar-refractivity contribution in [3.8, 4) is 0 Å². The molecule has 2 aliphatic heterocycles. The lowest BCUT2D eigenvalue weighted by Crippen LogP contribution is -2.58. The topological polar surface area (TPSA) is 59.3 Å². The number of fused-ring (bicyclic) bond motifs is 7. The zero-order chi connectivity index (χ0) is 28.6. The molecule has 1 aromatic carbocycles. The van der Waals surface area contributed by atoms with Gasteiger partial charge < -0.3 is 15.8 Å². The van der Waals surface area contributed by atoms with Crippen LogP contribution >= 0.6 is 22.6 Å². The van der Waals surface area contributed by atoms with Gasteiger partial charge in [-0.05, 0) is 157 Å². The van der Waals surface area contributed by atoms with Crippen LogP contribution in [0.15, 0.2) is 24.3 Å². The van der Waals surface area contributed by atoms with E-state index < -0.39 is 0 Å². The van der Waals surface area contributed by atoms with Gasteiger partial charge in [-0.1, -0.05) is 39.8 Å². The number of nitrogens with two attached hydrogens (primary N) is 1. The van der Waals surface area contributed by atoms with E-state index in [1.165, 1.54) is 73.3 Å². The van der Waals surface area contributed by atoms with Gasteiger partial charge in [-0.2, -0.15) is 0 Å². The minimum Gasteiger partial charge on any atom is -0.357 e. The Labute approximate surface area is 263 Å². The second-order valence-electron chi connectivity index (χ2n) is 16.3. The number of hydrogen-bond acceptors (Lipinski definition) is 4. The van der Waals surface area contributed by atoms with Crippen molar-refractivity contribution in [1.82, 2.24) is 10.6 Å². The molecule has 1 aromatic rings. The van der Waals surface area contributed by atoms with Crippen LogP contribution in [0.3, 0.4) is 0 Å². The molecule has 7 rings (SSSR count). The highest BCUT2D eigenvalue weighted by molar-refractivity contribution is 14.1. The highest BCUT2D eigenvalue weighted by Crippen LogP contribution is 2.71. The van der Waals surface area contributed by atoms with Gasteiger partial charge in [0.25, 0.3) is 0 Å². The number of rotatable bonds is 5. The van der Waals surface area contributed by atoms with Crippen LogP contribution in [0.25, 0.3) is 0 Å². The first-order chi connectivity index (χ1) is 19.6. The summed E-state index contributed by atoms with van der Waals surface area (Å²) in [6, 6.07) is 9.68. The molecule has 0 bridgehead atoms. The maximum Gasteiger partial charge on any atom is 0.122 e. The largest absolute Gasteiger partial charge is 0.357 e. The van der Waals surface area contributed by atoms with Crippen LogP contribution in [-0.2, 0) is 11.2 Å². The van der Waals surface area contributed by atoms with Gasteiger partial charge >= 0.3 is 0 Å². The van der Waals surface area contributed by atoms with Crippen molar-refractivity contribution in [2.45, 2.75) is 122 Å². The van der Waals surface area contributed by atoms with Gasteiger partial charge in [0.2, 0.25) is 0 Å². The molecule has 6 fully saturated rings. The minimum atomic E-state index is -0.0376. The average Bonchev–Trinajstić information content (AvgIpc) is 3.40. The van der Waals surface area contributed by atoms with Gasteiger partial charge in [0.15, 0.2) is 0 Å². The fraction of sp³-hybridized carbons (Fsp3) is 0.833. The molecule has 5 heteroatoms. The first-order valence-corrected chi connectivity index (χ1v) is 18.4. The Morgan fingerprint density at radius 2 is 1.76 bits per heavy atom. The second-order valence-corrected chi connectivity index (χ2v) is 17.5. The second kappa shape index (κ2) is 11.0. The van der Waals surface area contributed by atoms with E-state index in [0.29, 0.717) is 28.9 Å². The van der Waals surface area contributed by atoms with Crippen LogP contribution in [0.1, 0.15) is 97.5 Å². The number of nitrogens with one attached hydrogen (secondary N) is 2. The zero-order valence-electron chi connectivity index (χ0n) is 26.1. The molecule has 13 atom stereocenters. The van der Waals surface area contributed by atoms with Gasteiger partial charge in [-0.15, -0.1) is 0 Å². The molecule has 1 unspecified atom stereocenters. The van der Waals surface area contributed by atoms with Crippen molar-refractivity contribution in [3.05, 3.63) is 33.4 Å². The van der Waals surface area contributed by atoms with Crippen molar-refractivity contribution in [3.63, 3.8) is 0 Å². The molecular formula is C36H56IN3O. The summed E-state index contributed by atoms with van der Waals surface area (Å²) in [6.45, 7) is 12.4. The third-order valence-corrected chi connectivity index (χ3v) is 14.9. The third-order valence-electron chi connectivity index (χ3n) is 14.2. The summed E-state index contributed by atoms with van der Waals surface area (Å²) in [6.07, 6.45) is 15.2. The molecular weight excluding hydrogens is 617 g/mol. The van der Waals surface area contributed by atoms with E-state index in [1.54, 1.807) is 0 Å². The number of ether oxygens (including phenoxy) is 1. The molecule has 4 saturated carbocycles. The summed E-state index contributed by atoms with van der Waals surface area (Å²) >= 11 is 2.37. The Kier molecular flexibility index (Phi) is 7.91. The summed E-state index contributed by atoms with van der Waals surface area (Å²) in [5.74, 6) is 5.73. The fourth-order valence-corrected chi connectivity index (χ4v) is 12.3. The first kappa shape index (κ1) is 29.5. The van der Waals surface area contributed by atoms with E-state index >= 15 is 0 Å². The molecule has 4 nitrogen and oxygen atoms in total. The van der Waals surface area contributed by atoms with Crippen molar-refractivity contribution < 1.29 is 4.74 Å². The van der Waals surface area contributed by atoms with Crippen LogP contribution in [0.4, 0.5) is 0 Å². The quantitative estimate of drug-likeness (QED) is 0.291. The molecule has 2 heterocycles. The van der Waals surface area contributed by atoms with E-state index in [0.717, 1.165) is 55.0 Å². The molecule has 0 amide bonds. The van der Waals surface area contributed by atoms with E-state index in [-0.39, 0.29) is 11.8 Å². The number of benzene rings is 1. The smallest absolute Gasteiger partial charge is 0.122 e. The molecule has 41 heavy (non-hydrogen) atoms. The standard InChI is InChI=1S/C36H56IN3O/c1-22-11-16-36(40-20-22)23(2)33-32(41-36)19-31-29-10-7-25-18-28(12-14-34(25,3)30(29)13-15-35(31,33)4)39-21-27(38)17-24-5-8-26(37)9-6-24/h5-6,8-9,22-23,25,27-33,39-40H,7,10-21,38H2,1-4H3/t22-,23-,25-,27-,28?,29+,30-,31-,32-,33-,34-,35-,36-/m0/s1. The Morgan fingerprint density at radius 3 is 2.51 bits per heavy atom. The Morgan fingerprint density at radius 1 is 0.976 bits per heavy atom.